The summed E-state index contributed by atoms with van der Waals surface area (Å²) in [6.45, 7) is 1.73. The summed E-state index contributed by atoms with van der Waals surface area (Å²) in [5.41, 5.74) is 2.30. The summed E-state index contributed by atoms with van der Waals surface area (Å²) in [7, 11) is 0. The van der Waals surface area contributed by atoms with Crippen LogP contribution in [0.25, 0.3) is 6.08 Å². The number of hydrogen-bond acceptors (Lipinski definition) is 5. The van der Waals surface area contributed by atoms with E-state index in [1.807, 2.05) is 31.2 Å². The minimum atomic E-state index is -0.438. The van der Waals surface area contributed by atoms with Gasteiger partial charge in [-0.1, -0.05) is 36.4 Å². The topological polar surface area (TPSA) is 84.5 Å². The molecule has 0 atom stereocenters. The Labute approximate surface area is 154 Å². The zero-order chi connectivity index (χ0) is 18.5. The highest BCUT2D eigenvalue weighted by Crippen LogP contribution is 2.29. The molecule has 1 saturated heterocycles. The summed E-state index contributed by atoms with van der Waals surface area (Å²) in [6.07, 6.45) is 1.57. The maximum absolute atomic E-state index is 12.1. The molecule has 1 fully saturated rings. The van der Waals surface area contributed by atoms with E-state index in [1.54, 1.807) is 30.3 Å². The summed E-state index contributed by atoms with van der Waals surface area (Å²) in [6, 6.07) is 14.5. The molecule has 0 aliphatic carbocycles. The number of thioether (sulfide) groups is 1. The Kier molecular flexibility index (Phi) is 5.38. The Morgan fingerprint density at radius 2 is 1.88 bits per heavy atom. The van der Waals surface area contributed by atoms with Gasteiger partial charge in [-0.2, -0.15) is 0 Å². The second kappa shape index (κ2) is 7.88. The minimum absolute atomic E-state index is 0.174. The Hall–Kier alpha value is -3.06. The van der Waals surface area contributed by atoms with E-state index in [-0.39, 0.29) is 17.4 Å². The molecule has 1 heterocycles. The molecule has 0 saturated carbocycles. The second-order valence-corrected chi connectivity index (χ2v) is 6.56. The van der Waals surface area contributed by atoms with Crippen LogP contribution in [-0.4, -0.2) is 23.7 Å². The van der Waals surface area contributed by atoms with Crippen molar-refractivity contribution in [2.45, 2.75) is 6.92 Å². The van der Waals surface area contributed by atoms with Gasteiger partial charge >= 0.3 is 0 Å². The molecule has 2 aromatic rings. The van der Waals surface area contributed by atoms with E-state index >= 15 is 0 Å². The number of imide groups is 1. The first-order chi connectivity index (χ1) is 12.5. The summed E-state index contributed by atoms with van der Waals surface area (Å²) in [5, 5.41) is 4.59. The van der Waals surface area contributed by atoms with Crippen LogP contribution in [0.5, 0.6) is 5.75 Å². The molecule has 0 aromatic heterocycles. The lowest BCUT2D eigenvalue weighted by Crippen LogP contribution is -2.20. The van der Waals surface area contributed by atoms with Crippen molar-refractivity contribution in [3.05, 3.63) is 64.6 Å². The Bertz CT molecular complexity index is 908. The van der Waals surface area contributed by atoms with E-state index in [9.17, 15) is 14.4 Å². The van der Waals surface area contributed by atoms with Crippen LogP contribution >= 0.6 is 11.8 Å². The van der Waals surface area contributed by atoms with Crippen molar-refractivity contribution in [2.24, 2.45) is 0 Å². The third kappa shape index (κ3) is 4.31. The zero-order valence-electron chi connectivity index (χ0n) is 13.9. The smallest absolute Gasteiger partial charge is 0.290 e. The first kappa shape index (κ1) is 17.8. The zero-order valence-corrected chi connectivity index (χ0v) is 14.8. The van der Waals surface area contributed by atoms with Gasteiger partial charge < -0.3 is 10.1 Å². The quantitative estimate of drug-likeness (QED) is 0.791. The Balaban J connectivity index is 1.68. The fraction of sp³-hybridized carbons (Fsp3) is 0.105. The fourth-order valence-corrected chi connectivity index (χ4v) is 3.01. The molecule has 0 spiro atoms. The first-order valence-electron chi connectivity index (χ1n) is 7.85. The van der Waals surface area contributed by atoms with Gasteiger partial charge in [0.15, 0.2) is 6.61 Å². The molecule has 0 radical (unpaired) electrons. The number of rotatable bonds is 5. The molecule has 1 aliphatic heterocycles. The Morgan fingerprint density at radius 3 is 2.62 bits per heavy atom. The lowest BCUT2D eigenvalue weighted by Gasteiger charge is -2.11. The van der Waals surface area contributed by atoms with Gasteiger partial charge in [0, 0.05) is 11.3 Å². The van der Waals surface area contributed by atoms with E-state index in [4.69, 9.17) is 4.74 Å². The van der Waals surface area contributed by atoms with Crippen LogP contribution in [0.15, 0.2) is 53.4 Å². The van der Waals surface area contributed by atoms with Crippen LogP contribution in [0, 0.1) is 6.92 Å². The van der Waals surface area contributed by atoms with E-state index < -0.39 is 11.1 Å². The summed E-state index contributed by atoms with van der Waals surface area (Å²) < 4.78 is 5.60. The van der Waals surface area contributed by atoms with Gasteiger partial charge in [-0.05, 0) is 42.5 Å². The van der Waals surface area contributed by atoms with Crippen molar-refractivity contribution in [1.82, 2.24) is 5.32 Å². The average molecular weight is 368 g/mol. The Morgan fingerprint density at radius 1 is 1.15 bits per heavy atom. The van der Waals surface area contributed by atoms with E-state index in [0.29, 0.717) is 11.3 Å². The van der Waals surface area contributed by atoms with Gasteiger partial charge in [-0.15, -0.1) is 0 Å². The third-order valence-electron chi connectivity index (χ3n) is 3.63. The molecular weight excluding hydrogens is 352 g/mol. The van der Waals surface area contributed by atoms with Crippen LogP contribution in [0.3, 0.4) is 0 Å². The molecule has 0 bridgehead atoms. The number of ether oxygens (including phenoxy) is 1. The van der Waals surface area contributed by atoms with Gasteiger partial charge in [-0.25, -0.2) is 0 Å². The largest absolute Gasteiger partial charge is 0.483 e. The molecule has 26 heavy (non-hydrogen) atoms. The highest BCUT2D eigenvalue weighted by molar-refractivity contribution is 8.18. The maximum Gasteiger partial charge on any atom is 0.290 e. The molecule has 132 valence electrons. The van der Waals surface area contributed by atoms with Crippen molar-refractivity contribution >= 4 is 40.6 Å². The number of nitrogens with one attached hydrogen (secondary N) is 2. The van der Waals surface area contributed by atoms with Crippen LogP contribution in [0.4, 0.5) is 10.5 Å². The molecule has 3 rings (SSSR count). The summed E-state index contributed by atoms with van der Waals surface area (Å²) in [4.78, 5) is 35.3. The minimum Gasteiger partial charge on any atom is -0.483 e. The van der Waals surface area contributed by atoms with Gasteiger partial charge in [0.1, 0.15) is 5.75 Å². The molecule has 3 amide bonds. The lowest BCUT2D eigenvalue weighted by atomic mass is 10.2. The number of para-hydroxylation sites is 2. The molecule has 2 N–H and O–H groups in total. The lowest BCUT2D eigenvalue weighted by molar-refractivity contribution is -0.118. The molecule has 2 aromatic carbocycles. The molecule has 6 nitrogen and oxygen atoms in total. The highest BCUT2D eigenvalue weighted by atomic mass is 32.2. The number of aryl methyl sites for hydroxylation is 1. The fourth-order valence-electron chi connectivity index (χ4n) is 2.34. The predicted molar refractivity (Wildman–Crippen MR) is 101 cm³/mol. The van der Waals surface area contributed by atoms with Crippen molar-refractivity contribution in [1.29, 1.82) is 0 Å². The number of benzene rings is 2. The molecule has 7 heteroatoms. The van der Waals surface area contributed by atoms with Crippen LogP contribution in [0.2, 0.25) is 0 Å². The van der Waals surface area contributed by atoms with Crippen LogP contribution < -0.4 is 15.4 Å². The van der Waals surface area contributed by atoms with E-state index in [0.717, 1.165) is 23.0 Å². The van der Waals surface area contributed by atoms with Gasteiger partial charge in [0.25, 0.3) is 17.1 Å². The third-order valence-corrected chi connectivity index (χ3v) is 4.44. The SMILES string of the molecule is Cc1ccccc1NC(=O)COc1ccccc1/C=C1\SC(=O)NC1=O. The predicted octanol–water partition coefficient (Wildman–Crippen LogP) is 3.34. The summed E-state index contributed by atoms with van der Waals surface area (Å²) >= 11 is 0.832. The molecular formula is C19H16N2O4S. The standard InChI is InChI=1S/C19H16N2O4S/c1-12-6-2-4-8-14(12)20-17(22)11-25-15-9-5-3-7-13(15)10-16-18(23)21-19(24)26-16/h2-10H,11H2,1H3,(H,20,22)(H,21,23,24)/b16-10-. The van der Waals surface area contributed by atoms with Crippen molar-refractivity contribution in [3.8, 4) is 5.75 Å². The number of carbonyl (C=O) groups is 3. The van der Waals surface area contributed by atoms with Crippen LogP contribution in [0.1, 0.15) is 11.1 Å². The number of hydrogen-bond donors (Lipinski definition) is 2. The second-order valence-electron chi connectivity index (χ2n) is 5.54. The van der Waals surface area contributed by atoms with Gasteiger partial charge in [0.05, 0.1) is 4.91 Å². The average Bonchev–Trinajstić information content (AvgIpc) is 2.93. The molecule has 1 aliphatic rings. The van der Waals surface area contributed by atoms with Gasteiger partial charge in [0.2, 0.25) is 0 Å². The van der Waals surface area contributed by atoms with E-state index in [1.165, 1.54) is 0 Å². The summed E-state index contributed by atoms with van der Waals surface area (Å²) in [5.74, 6) is -0.273. The first-order valence-corrected chi connectivity index (χ1v) is 8.67. The molecule has 0 unspecified atom stereocenters. The highest BCUT2D eigenvalue weighted by Gasteiger charge is 2.25. The monoisotopic (exact) mass is 368 g/mol. The number of carbonyl (C=O) groups excluding carboxylic acids is 3. The van der Waals surface area contributed by atoms with Crippen molar-refractivity contribution < 1.29 is 19.1 Å². The van der Waals surface area contributed by atoms with E-state index in [2.05, 4.69) is 10.6 Å². The number of anilines is 1. The maximum atomic E-state index is 12.1. The van der Waals surface area contributed by atoms with Gasteiger partial charge in [-0.3, -0.25) is 19.7 Å². The number of amides is 3. The van der Waals surface area contributed by atoms with Crippen molar-refractivity contribution in [2.75, 3.05) is 11.9 Å². The normalized spacial score (nSPS) is 15.0. The van der Waals surface area contributed by atoms with Crippen LogP contribution in [-0.2, 0) is 9.59 Å². The van der Waals surface area contributed by atoms with Crippen molar-refractivity contribution in [3.63, 3.8) is 0 Å².